The topological polar surface area (TPSA) is 20.3 Å². The van der Waals surface area contributed by atoms with Crippen LogP contribution in [0.4, 0.5) is 0 Å². The lowest BCUT2D eigenvalue weighted by molar-refractivity contribution is -0.119. The van der Waals surface area contributed by atoms with Gasteiger partial charge in [-0.25, -0.2) is 0 Å². The first-order chi connectivity index (χ1) is 4.38. The van der Waals surface area contributed by atoms with Gasteiger partial charge in [-0.05, 0) is 19.4 Å². The van der Waals surface area contributed by atoms with Gasteiger partial charge in [0.05, 0.1) is 6.04 Å². The van der Waals surface area contributed by atoms with E-state index < -0.39 is 0 Å². The molecular formula is C7H12ClNO. The molecule has 0 aliphatic carbocycles. The Bertz CT molecular complexity index is 149. The highest BCUT2D eigenvalue weighted by molar-refractivity contribution is 5.86. The van der Waals surface area contributed by atoms with E-state index in [0.717, 1.165) is 25.9 Å². The van der Waals surface area contributed by atoms with Crippen molar-refractivity contribution in [3.05, 3.63) is 0 Å². The molecule has 2 aliphatic rings. The third-order valence-electron chi connectivity index (χ3n) is 2.38. The second-order valence-electron chi connectivity index (χ2n) is 2.91. The minimum absolute atomic E-state index is 0. The lowest BCUT2D eigenvalue weighted by atomic mass is 10.1. The van der Waals surface area contributed by atoms with Gasteiger partial charge in [0.25, 0.3) is 0 Å². The van der Waals surface area contributed by atoms with E-state index in [-0.39, 0.29) is 12.4 Å². The van der Waals surface area contributed by atoms with Crippen molar-refractivity contribution in [2.45, 2.75) is 25.3 Å². The SMILES string of the molecule is Cl.O=C1CCN2CCCC12. The summed E-state index contributed by atoms with van der Waals surface area (Å²) in [7, 11) is 0. The van der Waals surface area contributed by atoms with Gasteiger partial charge in [-0.3, -0.25) is 9.69 Å². The number of hydrogen-bond acceptors (Lipinski definition) is 2. The van der Waals surface area contributed by atoms with Crippen molar-refractivity contribution >= 4 is 18.2 Å². The number of nitrogens with zero attached hydrogens (tertiary/aromatic N) is 1. The Morgan fingerprint density at radius 3 is 2.90 bits per heavy atom. The normalized spacial score (nSPS) is 32.0. The molecule has 2 nitrogen and oxygen atoms in total. The molecule has 0 spiro atoms. The van der Waals surface area contributed by atoms with E-state index in [4.69, 9.17) is 0 Å². The van der Waals surface area contributed by atoms with Crippen LogP contribution in [0.2, 0.25) is 0 Å². The number of carbonyl (C=O) groups excluding carboxylic acids is 1. The number of halogens is 1. The van der Waals surface area contributed by atoms with Gasteiger partial charge >= 0.3 is 0 Å². The maximum Gasteiger partial charge on any atom is 0.151 e. The van der Waals surface area contributed by atoms with Crippen LogP contribution in [0.25, 0.3) is 0 Å². The molecule has 10 heavy (non-hydrogen) atoms. The van der Waals surface area contributed by atoms with Gasteiger partial charge in [0.15, 0.2) is 5.78 Å². The van der Waals surface area contributed by atoms with Crippen LogP contribution >= 0.6 is 12.4 Å². The number of fused-ring (bicyclic) bond motifs is 1. The van der Waals surface area contributed by atoms with Crippen LogP contribution in [0.1, 0.15) is 19.3 Å². The maximum absolute atomic E-state index is 11.0. The minimum atomic E-state index is 0. The molecule has 2 fully saturated rings. The molecule has 0 saturated carbocycles. The summed E-state index contributed by atoms with van der Waals surface area (Å²) in [5.41, 5.74) is 0. The third-order valence-corrected chi connectivity index (χ3v) is 2.38. The second kappa shape index (κ2) is 2.89. The zero-order valence-corrected chi connectivity index (χ0v) is 6.69. The standard InChI is InChI=1S/C7H11NO.ClH/c9-7-3-5-8-4-1-2-6(7)8;/h6H,1-5H2;1H. The summed E-state index contributed by atoms with van der Waals surface area (Å²) in [6, 6.07) is 0.338. The predicted molar refractivity (Wildman–Crippen MR) is 41.5 cm³/mol. The van der Waals surface area contributed by atoms with Crippen molar-refractivity contribution in [1.29, 1.82) is 0 Å². The van der Waals surface area contributed by atoms with Crippen molar-refractivity contribution in [1.82, 2.24) is 4.90 Å². The van der Waals surface area contributed by atoms with Crippen molar-refractivity contribution < 1.29 is 4.79 Å². The molecule has 2 saturated heterocycles. The van der Waals surface area contributed by atoms with Crippen LogP contribution < -0.4 is 0 Å². The molecule has 0 aromatic heterocycles. The number of hydrogen-bond donors (Lipinski definition) is 0. The average molecular weight is 162 g/mol. The Balaban J connectivity index is 0.000000500. The quantitative estimate of drug-likeness (QED) is 0.525. The molecule has 3 heteroatoms. The summed E-state index contributed by atoms with van der Waals surface area (Å²) < 4.78 is 0. The van der Waals surface area contributed by atoms with E-state index in [1.165, 1.54) is 6.42 Å². The summed E-state index contributed by atoms with van der Waals surface area (Å²) in [6.45, 7) is 2.19. The summed E-state index contributed by atoms with van der Waals surface area (Å²) in [6.07, 6.45) is 3.17. The largest absolute Gasteiger partial charge is 0.298 e. The van der Waals surface area contributed by atoms with E-state index in [9.17, 15) is 4.79 Å². The van der Waals surface area contributed by atoms with Crippen LogP contribution in [0, 0.1) is 0 Å². The first-order valence-corrected chi connectivity index (χ1v) is 3.65. The zero-order chi connectivity index (χ0) is 6.27. The number of ketones is 1. The summed E-state index contributed by atoms with van der Waals surface area (Å²) in [4.78, 5) is 13.3. The highest BCUT2D eigenvalue weighted by atomic mass is 35.5. The monoisotopic (exact) mass is 161 g/mol. The van der Waals surface area contributed by atoms with Crippen LogP contribution in [-0.4, -0.2) is 29.8 Å². The van der Waals surface area contributed by atoms with Gasteiger partial charge in [0.1, 0.15) is 0 Å². The highest BCUT2D eigenvalue weighted by Crippen LogP contribution is 2.24. The molecule has 0 N–H and O–H groups in total. The Morgan fingerprint density at radius 1 is 1.40 bits per heavy atom. The average Bonchev–Trinajstić information content (AvgIpc) is 2.35. The van der Waals surface area contributed by atoms with Crippen molar-refractivity contribution in [2.75, 3.05) is 13.1 Å². The van der Waals surface area contributed by atoms with Crippen LogP contribution in [0.3, 0.4) is 0 Å². The van der Waals surface area contributed by atoms with Crippen molar-refractivity contribution in [3.63, 3.8) is 0 Å². The van der Waals surface area contributed by atoms with E-state index in [2.05, 4.69) is 4.90 Å². The number of Topliss-reactive ketones (excluding diaryl/α,β-unsaturated/α-hetero) is 1. The van der Waals surface area contributed by atoms with Gasteiger partial charge in [-0.15, -0.1) is 12.4 Å². The summed E-state index contributed by atoms with van der Waals surface area (Å²) in [5.74, 6) is 0.479. The molecule has 2 heterocycles. The Kier molecular flexibility index (Phi) is 2.32. The molecule has 58 valence electrons. The van der Waals surface area contributed by atoms with Crippen LogP contribution in [0.15, 0.2) is 0 Å². The zero-order valence-electron chi connectivity index (χ0n) is 5.88. The first-order valence-electron chi connectivity index (χ1n) is 3.65. The lowest BCUT2D eigenvalue weighted by Gasteiger charge is -2.10. The van der Waals surface area contributed by atoms with Gasteiger partial charge in [-0.1, -0.05) is 0 Å². The molecule has 2 rings (SSSR count). The summed E-state index contributed by atoms with van der Waals surface area (Å²) >= 11 is 0. The van der Waals surface area contributed by atoms with Crippen molar-refractivity contribution in [2.24, 2.45) is 0 Å². The number of carbonyl (C=O) groups is 1. The molecule has 2 aliphatic heterocycles. The minimum Gasteiger partial charge on any atom is -0.298 e. The molecular weight excluding hydrogens is 150 g/mol. The molecule has 1 unspecified atom stereocenters. The lowest BCUT2D eigenvalue weighted by Crippen LogP contribution is -2.25. The molecule has 0 aromatic carbocycles. The van der Waals surface area contributed by atoms with Crippen LogP contribution in [-0.2, 0) is 4.79 Å². The van der Waals surface area contributed by atoms with E-state index in [1.807, 2.05) is 0 Å². The number of rotatable bonds is 0. The Labute approximate surface area is 67.0 Å². The fourth-order valence-electron chi connectivity index (χ4n) is 1.88. The maximum atomic E-state index is 11.0. The molecule has 0 aromatic rings. The summed E-state index contributed by atoms with van der Waals surface area (Å²) in [5, 5.41) is 0. The Morgan fingerprint density at radius 2 is 2.20 bits per heavy atom. The second-order valence-corrected chi connectivity index (χ2v) is 2.91. The molecule has 0 amide bonds. The third kappa shape index (κ3) is 1.06. The smallest absolute Gasteiger partial charge is 0.151 e. The van der Waals surface area contributed by atoms with Gasteiger partial charge in [-0.2, -0.15) is 0 Å². The fourth-order valence-corrected chi connectivity index (χ4v) is 1.88. The molecule has 0 radical (unpaired) electrons. The first kappa shape index (κ1) is 8.02. The van der Waals surface area contributed by atoms with E-state index >= 15 is 0 Å². The fraction of sp³-hybridized carbons (Fsp3) is 0.857. The van der Waals surface area contributed by atoms with Crippen LogP contribution in [0.5, 0.6) is 0 Å². The van der Waals surface area contributed by atoms with Gasteiger partial charge < -0.3 is 0 Å². The predicted octanol–water partition coefficient (Wildman–Crippen LogP) is 0.845. The molecule has 1 atom stereocenters. The van der Waals surface area contributed by atoms with E-state index in [0.29, 0.717) is 11.8 Å². The highest BCUT2D eigenvalue weighted by Gasteiger charge is 2.35. The molecule has 0 bridgehead atoms. The van der Waals surface area contributed by atoms with Gasteiger partial charge in [0.2, 0.25) is 0 Å². The van der Waals surface area contributed by atoms with E-state index in [1.54, 1.807) is 0 Å². The van der Waals surface area contributed by atoms with Crippen molar-refractivity contribution in [3.8, 4) is 0 Å². The van der Waals surface area contributed by atoms with Gasteiger partial charge in [0, 0.05) is 13.0 Å². The Hall–Kier alpha value is -0.0800.